The molecule has 0 fully saturated rings. The quantitative estimate of drug-likeness (QED) is 0.929. The number of carbonyl (C=O) groups excluding carboxylic acids is 1. The predicted octanol–water partition coefficient (Wildman–Crippen LogP) is 2.59. The fraction of sp³-hybridized carbons (Fsp3) is 0.273. The number of carbonyl (C=O) groups is 1. The number of hydrogen-bond acceptors (Lipinski definition) is 4. The number of nitrogens with two attached hydrogens (primary N) is 1. The molecule has 0 spiro atoms. The van der Waals surface area contributed by atoms with E-state index < -0.39 is 12.0 Å². The lowest BCUT2D eigenvalue weighted by molar-refractivity contribution is -0.124. The van der Waals surface area contributed by atoms with E-state index in [-0.39, 0.29) is 0 Å². The second-order valence-corrected chi connectivity index (χ2v) is 4.79. The van der Waals surface area contributed by atoms with E-state index in [1.54, 1.807) is 12.1 Å². The maximum atomic E-state index is 11.1. The summed E-state index contributed by atoms with van der Waals surface area (Å²) in [4.78, 5) is 11.1. The van der Waals surface area contributed by atoms with Gasteiger partial charge in [0.15, 0.2) is 6.10 Å². The Morgan fingerprint density at radius 2 is 2.41 bits per heavy atom. The third kappa shape index (κ3) is 2.50. The number of rotatable bonds is 4. The van der Waals surface area contributed by atoms with Crippen molar-refractivity contribution in [2.75, 3.05) is 0 Å². The molecule has 2 rings (SSSR count). The molecule has 1 aromatic carbocycles. The maximum absolute atomic E-state index is 11.1. The number of aromatic nitrogens is 1. The Kier molecular flexibility index (Phi) is 3.49. The van der Waals surface area contributed by atoms with E-state index in [1.807, 2.05) is 13.0 Å². The minimum Gasteiger partial charge on any atom is -0.463 e. The second kappa shape index (κ2) is 4.89. The fourth-order valence-electron chi connectivity index (χ4n) is 1.45. The molecule has 90 valence electrons. The minimum absolute atomic E-state index is 0.415. The van der Waals surface area contributed by atoms with E-state index in [4.69, 9.17) is 22.1 Å². The Morgan fingerprint density at radius 3 is 3.06 bits per heavy atom. The van der Waals surface area contributed by atoms with E-state index >= 15 is 0 Å². The van der Waals surface area contributed by atoms with Crippen LogP contribution in [-0.2, 0) is 4.79 Å². The topological polar surface area (TPSA) is 65.2 Å². The van der Waals surface area contributed by atoms with Crippen LogP contribution in [0.25, 0.3) is 10.1 Å². The van der Waals surface area contributed by atoms with Crippen LogP contribution in [0.1, 0.15) is 13.3 Å². The highest BCUT2D eigenvalue weighted by atomic mass is 35.5. The van der Waals surface area contributed by atoms with E-state index in [0.29, 0.717) is 17.3 Å². The first-order chi connectivity index (χ1) is 8.11. The first-order valence-electron chi connectivity index (χ1n) is 5.12. The van der Waals surface area contributed by atoms with Crippen LogP contribution in [0, 0.1) is 0 Å². The SMILES string of the molecule is CCC(Oc1nsc2ccc(Cl)cc12)C(N)=O. The molecular formula is C11H11ClN2O2S. The summed E-state index contributed by atoms with van der Waals surface area (Å²) in [5, 5.41) is 1.41. The molecule has 6 heteroatoms. The van der Waals surface area contributed by atoms with Gasteiger partial charge in [-0.2, -0.15) is 4.37 Å². The first-order valence-corrected chi connectivity index (χ1v) is 6.28. The standard InChI is InChI=1S/C11H11ClN2O2S/c1-2-8(10(13)15)16-11-7-5-6(12)3-4-9(7)17-14-11/h3-5,8H,2H2,1H3,(H2,13,15). The highest BCUT2D eigenvalue weighted by Gasteiger charge is 2.18. The van der Waals surface area contributed by atoms with Gasteiger partial charge in [-0.25, -0.2) is 0 Å². The highest BCUT2D eigenvalue weighted by molar-refractivity contribution is 7.13. The third-order valence-corrected chi connectivity index (χ3v) is 3.39. The van der Waals surface area contributed by atoms with E-state index in [1.165, 1.54) is 11.5 Å². The molecule has 0 bridgehead atoms. The van der Waals surface area contributed by atoms with E-state index in [9.17, 15) is 4.79 Å². The van der Waals surface area contributed by atoms with Crippen molar-refractivity contribution >= 4 is 39.1 Å². The Labute approximate surface area is 107 Å². The van der Waals surface area contributed by atoms with Gasteiger partial charge in [0.2, 0.25) is 5.88 Å². The van der Waals surface area contributed by atoms with Crippen LogP contribution >= 0.6 is 23.1 Å². The molecule has 2 N–H and O–H groups in total. The van der Waals surface area contributed by atoms with Crippen LogP contribution in [0.15, 0.2) is 18.2 Å². The highest BCUT2D eigenvalue weighted by Crippen LogP contribution is 2.31. The van der Waals surface area contributed by atoms with Gasteiger partial charge in [0.05, 0.1) is 10.1 Å². The molecule has 1 atom stereocenters. The van der Waals surface area contributed by atoms with Crippen molar-refractivity contribution < 1.29 is 9.53 Å². The molecular weight excluding hydrogens is 260 g/mol. The van der Waals surface area contributed by atoms with E-state index in [0.717, 1.165) is 10.1 Å². The number of fused-ring (bicyclic) bond motifs is 1. The molecule has 0 saturated heterocycles. The summed E-state index contributed by atoms with van der Waals surface area (Å²) < 4.78 is 10.6. The Balaban J connectivity index is 2.35. The lowest BCUT2D eigenvalue weighted by atomic mass is 10.2. The van der Waals surface area contributed by atoms with Gasteiger partial charge in [0.1, 0.15) is 0 Å². The van der Waals surface area contributed by atoms with Gasteiger partial charge in [-0.1, -0.05) is 18.5 Å². The van der Waals surface area contributed by atoms with Crippen molar-refractivity contribution in [2.24, 2.45) is 5.73 Å². The summed E-state index contributed by atoms with van der Waals surface area (Å²) in [6.07, 6.45) is -0.145. The number of hydrogen-bond donors (Lipinski definition) is 1. The lowest BCUT2D eigenvalue weighted by Crippen LogP contribution is -2.33. The van der Waals surface area contributed by atoms with Crippen LogP contribution < -0.4 is 10.5 Å². The molecule has 1 unspecified atom stereocenters. The average Bonchev–Trinajstić information content (AvgIpc) is 2.68. The first kappa shape index (κ1) is 12.1. The molecule has 0 aliphatic carbocycles. The van der Waals surface area contributed by atoms with Crippen molar-refractivity contribution in [1.82, 2.24) is 4.37 Å². The van der Waals surface area contributed by atoms with Gasteiger partial charge < -0.3 is 10.5 Å². The van der Waals surface area contributed by atoms with Gasteiger partial charge >= 0.3 is 0 Å². The van der Waals surface area contributed by atoms with Gasteiger partial charge in [0.25, 0.3) is 5.91 Å². The van der Waals surface area contributed by atoms with Crippen molar-refractivity contribution in [2.45, 2.75) is 19.4 Å². The zero-order chi connectivity index (χ0) is 12.4. The molecule has 1 amide bonds. The third-order valence-electron chi connectivity index (χ3n) is 2.34. The summed E-state index contributed by atoms with van der Waals surface area (Å²) in [5.41, 5.74) is 5.22. The van der Waals surface area contributed by atoms with E-state index in [2.05, 4.69) is 4.37 Å². The van der Waals surface area contributed by atoms with Gasteiger partial charge in [0, 0.05) is 5.02 Å². The number of amides is 1. The van der Waals surface area contributed by atoms with Crippen molar-refractivity contribution in [1.29, 1.82) is 0 Å². The number of primary amides is 1. The molecule has 0 radical (unpaired) electrons. The number of nitrogens with zero attached hydrogens (tertiary/aromatic N) is 1. The normalized spacial score (nSPS) is 12.6. The molecule has 0 saturated carbocycles. The Morgan fingerprint density at radius 1 is 1.65 bits per heavy atom. The van der Waals surface area contributed by atoms with Crippen molar-refractivity contribution in [3.05, 3.63) is 23.2 Å². The van der Waals surface area contributed by atoms with Crippen LogP contribution in [-0.4, -0.2) is 16.4 Å². The molecule has 4 nitrogen and oxygen atoms in total. The zero-order valence-electron chi connectivity index (χ0n) is 9.14. The lowest BCUT2D eigenvalue weighted by Gasteiger charge is -2.11. The molecule has 17 heavy (non-hydrogen) atoms. The summed E-state index contributed by atoms with van der Waals surface area (Å²) in [6.45, 7) is 1.83. The maximum Gasteiger partial charge on any atom is 0.258 e. The van der Waals surface area contributed by atoms with Gasteiger partial charge in [-0.3, -0.25) is 4.79 Å². The summed E-state index contributed by atoms with van der Waals surface area (Å²) in [5.74, 6) is -0.0752. The van der Waals surface area contributed by atoms with Gasteiger partial charge in [-0.05, 0) is 36.2 Å². The van der Waals surface area contributed by atoms with Gasteiger partial charge in [-0.15, -0.1) is 0 Å². The summed E-state index contributed by atoms with van der Waals surface area (Å²) in [7, 11) is 0. The van der Waals surface area contributed by atoms with Crippen LogP contribution in [0.5, 0.6) is 5.88 Å². The fourth-order valence-corrected chi connectivity index (χ4v) is 2.32. The smallest absolute Gasteiger partial charge is 0.258 e. The van der Waals surface area contributed by atoms with Crippen molar-refractivity contribution in [3.63, 3.8) is 0 Å². The Hall–Kier alpha value is -1.33. The predicted molar refractivity (Wildman–Crippen MR) is 68.5 cm³/mol. The monoisotopic (exact) mass is 270 g/mol. The molecule has 1 heterocycles. The van der Waals surface area contributed by atoms with Crippen LogP contribution in [0.2, 0.25) is 5.02 Å². The Bertz CT molecular complexity index is 555. The summed E-state index contributed by atoms with van der Waals surface area (Å²) in [6, 6.07) is 5.42. The number of halogens is 1. The molecule has 0 aliphatic rings. The molecule has 1 aromatic heterocycles. The average molecular weight is 271 g/mol. The zero-order valence-corrected chi connectivity index (χ0v) is 10.7. The second-order valence-electron chi connectivity index (χ2n) is 3.55. The summed E-state index contributed by atoms with van der Waals surface area (Å²) >= 11 is 7.21. The largest absolute Gasteiger partial charge is 0.463 e. The molecule has 2 aromatic rings. The van der Waals surface area contributed by atoms with Crippen molar-refractivity contribution in [3.8, 4) is 5.88 Å². The minimum atomic E-state index is -0.653. The van der Waals surface area contributed by atoms with Crippen LogP contribution in [0.3, 0.4) is 0 Å². The number of benzene rings is 1. The van der Waals surface area contributed by atoms with Crippen LogP contribution in [0.4, 0.5) is 0 Å². The number of ether oxygens (including phenoxy) is 1. The molecule has 0 aliphatic heterocycles.